The van der Waals surface area contributed by atoms with Gasteiger partial charge in [0.05, 0.1) is 10.6 Å². The van der Waals surface area contributed by atoms with E-state index >= 15 is 0 Å². The molecule has 8 heteroatoms. The van der Waals surface area contributed by atoms with E-state index in [0.29, 0.717) is 16.3 Å². The minimum Gasteiger partial charge on any atom is -0.330 e. The fraction of sp³-hybridized carbons (Fsp3) is 0.0667. The van der Waals surface area contributed by atoms with Crippen LogP contribution in [0.25, 0.3) is 11.1 Å². The minimum atomic E-state index is -4.48. The number of nitrogens with zero attached hydrogens (tertiary/aromatic N) is 2. The van der Waals surface area contributed by atoms with E-state index < -0.39 is 11.7 Å². The molecule has 0 aliphatic carbocycles. The van der Waals surface area contributed by atoms with E-state index in [0.717, 1.165) is 11.8 Å². The fourth-order valence-corrected chi connectivity index (χ4v) is 2.71. The molecule has 118 valence electrons. The monoisotopic (exact) mass is 355 g/mol. The van der Waals surface area contributed by atoms with Crippen LogP contribution in [0.1, 0.15) is 5.56 Å². The Morgan fingerprint density at radius 2 is 1.70 bits per heavy atom. The molecule has 0 amide bonds. The molecule has 0 aliphatic rings. The Morgan fingerprint density at radius 1 is 1.00 bits per heavy atom. The molecule has 0 saturated carbocycles. The summed E-state index contributed by atoms with van der Waals surface area (Å²) < 4.78 is 38.7. The topological polar surface area (TPSA) is 37.8 Å². The zero-order valence-corrected chi connectivity index (χ0v) is 13.0. The number of benzene rings is 2. The zero-order valence-electron chi connectivity index (χ0n) is 11.4. The number of hydrogen-bond acceptors (Lipinski definition) is 4. The van der Waals surface area contributed by atoms with Gasteiger partial charge >= 0.3 is 6.18 Å². The van der Waals surface area contributed by atoms with Crippen LogP contribution >= 0.6 is 22.9 Å². The predicted molar refractivity (Wildman–Crippen MR) is 85.1 cm³/mol. The van der Waals surface area contributed by atoms with E-state index in [1.165, 1.54) is 17.4 Å². The Morgan fingerprint density at radius 3 is 2.30 bits per heavy atom. The summed E-state index contributed by atoms with van der Waals surface area (Å²) in [5, 5.41) is 11.0. The number of halogens is 4. The molecule has 0 unspecified atom stereocenters. The SMILES string of the molecule is FC(F)(F)c1cc(-c2ccc(Nc3nncs3)cc2)ccc1Cl. The summed E-state index contributed by atoms with van der Waals surface area (Å²) in [6.45, 7) is 0. The van der Waals surface area contributed by atoms with Crippen molar-refractivity contribution in [2.45, 2.75) is 6.18 Å². The standard InChI is InChI=1S/C15H9ClF3N3S/c16-13-6-3-10(7-12(13)15(17,18)19)9-1-4-11(5-2-9)21-14-22-20-8-23-14/h1-8H,(H,21,22). The normalized spacial score (nSPS) is 11.5. The van der Waals surface area contributed by atoms with Crippen LogP contribution < -0.4 is 5.32 Å². The average molecular weight is 356 g/mol. The van der Waals surface area contributed by atoms with E-state index in [4.69, 9.17) is 11.6 Å². The van der Waals surface area contributed by atoms with Crippen LogP contribution in [-0.4, -0.2) is 10.2 Å². The molecule has 0 saturated heterocycles. The van der Waals surface area contributed by atoms with Crippen molar-refractivity contribution in [1.29, 1.82) is 0 Å². The highest BCUT2D eigenvalue weighted by molar-refractivity contribution is 7.13. The highest BCUT2D eigenvalue weighted by atomic mass is 35.5. The number of anilines is 2. The summed E-state index contributed by atoms with van der Waals surface area (Å²) in [4.78, 5) is 0. The van der Waals surface area contributed by atoms with Gasteiger partial charge in [0.2, 0.25) is 5.13 Å². The summed E-state index contributed by atoms with van der Waals surface area (Å²) in [5.41, 5.74) is 2.64. The third-order valence-corrected chi connectivity index (χ3v) is 4.04. The lowest BCUT2D eigenvalue weighted by molar-refractivity contribution is -0.137. The van der Waals surface area contributed by atoms with Gasteiger partial charge in [-0.1, -0.05) is 41.1 Å². The maximum Gasteiger partial charge on any atom is 0.417 e. The van der Waals surface area contributed by atoms with Gasteiger partial charge in [-0.3, -0.25) is 0 Å². The lowest BCUT2D eigenvalue weighted by atomic mass is 10.0. The molecular formula is C15H9ClF3N3S. The lowest BCUT2D eigenvalue weighted by Crippen LogP contribution is -2.05. The molecule has 23 heavy (non-hydrogen) atoms. The molecule has 1 aromatic heterocycles. The molecule has 0 atom stereocenters. The molecule has 3 aromatic rings. The van der Waals surface area contributed by atoms with Gasteiger partial charge in [0.15, 0.2) is 0 Å². The van der Waals surface area contributed by atoms with Crippen molar-refractivity contribution >= 4 is 33.8 Å². The van der Waals surface area contributed by atoms with Crippen molar-refractivity contribution in [2.75, 3.05) is 5.32 Å². The number of rotatable bonds is 3. The van der Waals surface area contributed by atoms with E-state index in [1.54, 1.807) is 35.8 Å². The Kier molecular flexibility index (Phi) is 4.23. The van der Waals surface area contributed by atoms with Gasteiger partial charge < -0.3 is 5.32 Å². The highest BCUT2D eigenvalue weighted by Crippen LogP contribution is 2.37. The molecule has 0 aliphatic heterocycles. The first-order valence-electron chi connectivity index (χ1n) is 6.44. The Labute approximate surface area is 138 Å². The first-order valence-corrected chi connectivity index (χ1v) is 7.69. The lowest BCUT2D eigenvalue weighted by Gasteiger charge is -2.11. The van der Waals surface area contributed by atoms with Crippen molar-refractivity contribution in [1.82, 2.24) is 10.2 Å². The van der Waals surface area contributed by atoms with E-state index in [1.807, 2.05) is 0 Å². The maximum atomic E-state index is 12.9. The number of aromatic nitrogens is 2. The summed E-state index contributed by atoms with van der Waals surface area (Å²) in [6.07, 6.45) is -4.48. The summed E-state index contributed by atoms with van der Waals surface area (Å²) >= 11 is 6.98. The van der Waals surface area contributed by atoms with Crippen LogP contribution in [0.4, 0.5) is 24.0 Å². The molecule has 1 N–H and O–H groups in total. The highest BCUT2D eigenvalue weighted by Gasteiger charge is 2.33. The van der Waals surface area contributed by atoms with Gasteiger partial charge in [-0.2, -0.15) is 13.2 Å². The van der Waals surface area contributed by atoms with E-state index in [-0.39, 0.29) is 5.02 Å². The Balaban J connectivity index is 1.87. The quantitative estimate of drug-likeness (QED) is 0.662. The summed E-state index contributed by atoms with van der Waals surface area (Å²) in [6, 6.07) is 10.9. The molecule has 0 radical (unpaired) electrons. The van der Waals surface area contributed by atoms with Gasteiger partial charge in [-0.25, -0.2) is 0 Å². The fourth-order valence-electron chi connectivity index (χ4n) is 2.02. The number of hydrogen-bond donors (Lipinski definition) is 1. The van der Waals surface area contributed by atoms with E-state index in [9.17, 15) is 13.2 Å². The second-order valence-corrected chi connectivity index (χ2v) is 5.88. The number of nitrogens with one attached hydrogen (secondary N) is 1. The molecular weight excluding hydrogens is 347 g/mol. The molecule has 1 heterocycles. The maximum absolute atomic E-state index is 12.9. The third-order valence-electron chi connectivity index (χ3n) is 3.10. The van der Waals surface area contributed by atoms with Crippen LogP contribution in [0, 0.1) is 0 Å². The van der Waals surface area contributed by atoms with Crippen LogP contribution in [0.3, 0.4) is 0 Å². The summed E-state index contributed by atoms with van der Waals surface area (Å²) in [5.74, 6) is 0. The zero-order chi connectivity index (χ0) is 16.4. The van der Waals surface area contributed by atoms with Crippen molar-refractivity contribution in [3.63, 3.8) is 0 Å². The number of alkyl halides is 3. The van der Waals surface area contributed by atoms with Gasteiger partial charge in [-0.05, 0) is 35.4 Å². The van der Waals surface area contributed by atoms with E-state index in [2.05, 4.69) is 15.5 Å². The largest absolute Gasteiger partial charge is 0.417 e. The van der Waals surface area contributed by atoms with Gasteiger partial charge in [0, 0.05) is 5.69 Å². The second kappa shape index (κ2) is 6.17. The molecule has 2 aromatic carbocycles. The Hall–Kier alpha value is -2.12. The molecule has 0 fully saturated rings. The van der Waals surface area contributed by atoms with Gasteiger partial charge in [0.25, 0.3) is 0 Å². The second-order valence-electron chi connectivity index (χ2n) is 4.64. The Bertz CT molecular complexity index is 802. The van der Waals surface area contributed by atoms with Crippen LogP contribution in [0.2, 0.25) is 5.02 Å². The van der Waals surface area contributed by atoms with Gasteiger partial charge in [-0.15, -0.1) is 10.2 Å². The molecule has 3 nitrogen and oxygen atoms in total. The predicted octanol–water partition coefficient (Wildman–Crippen LogP) is 5.62. The summed E-state index contributed by atoms with van der Waals surface area (Å²) in [7, 11) is 0. The third kappa shape index (κ3) is 3.62. The van der Waals surface area contributed by atoms with Crippen LogP contribution in [0.5, 0.6) is 0 Å². The van der Waals surface area contributed by atoms with Crippen LogP contribution in [0.15, 0.2) is 48.0 Å². The smallest absolute Gasteiger partial charge is 0.330 e. The molecule has 0 spiro atoms. The molecule has 0 bridgehead atoms. The van der Waals surface area contributed by atoms with Crippen molar-refractivity contribution < 1.29 is 13.2 Å². The van der Waals surface area contributed by atoms with Gasteiger partial charge in [0.1, 0.15) is 5.51 Å². The van der Waals surface area contributed by atoms with Crippen molar-refractivity contribution in [2.24, 2.45) is 0 Å². The van der Waals surface area contributed by atoms with Crippen molar-refractivity contribution in [3.8, 4) is 11.1 Å². The minimum absolute atomic E-state index is 0.309. The van der Waals surface area contributed by atoms with Crippen molar-refractivity contribution in [3.05, 3.63) is 58.6 Å². The first-order chi connectivity index (χ1) is 10.9. The molecule has 3 rings (SSSR count). The van der Waals surface area contributed by atoms with Crippen LogP contribution in [-0.2, 0) is 6.18 Å². The average Bonchev–Trinajstić information content (AvgIpc) is 3.00. The first kappa shape index (κ1) is 15.8.